The number of hydrogen-bond donors (Lipinski definition) is 0. The molecule has 5 heteroatoms. The van der Waals surface area contributed by atoms with Gasteiger partial charge in [0.2, 0.25) is 5.79 Å². The third kappa shape index (κ3) is 2.25. The van der Waals surface area contributed by atoms with Crippen LogP contribution in [0.3, 0.4) is 0 Å². The second-order valence-electron chi connectivity index (χ2n) is 6.55. The highest BCUT2D eigenvalue weighted by atomic mass is 35.5. The van der Waals surface area contributed by atoms with Gasteiger partial charge in [-0.25, -0.2) is 0 Å². The smallest absolute Gasteiger partial charge is 0.216 e. The van der Waals surface area contributed by atoms with E-state index in [1.54, 1.807) is 7.11 Å². The Kier molecular flexibility index (Phi) is 3.68. The van der Waals surface area contributed by atoms with Crippen LogP contribution in [0.15, 0.2) is 34.5 Å². The molecule has 1 saturated heterocycles. The molecule has 1 aliphatic carbocycles. The predicted octanol–water partition coefficient (Wildman–Crippen LogP) is 3.91. The quantitative estimate of drug-likeness (QED) is 0.789. The molecule has 1 aromatic rings. The molecule has 0 bridgehead atoms. The van der Waals surface area contributed by atoms with Crippen molar-refractivity contribution in [3.05, 3.63) is 40.1 Å². The summed E-state index contributed by atoms with van der Waals surface area (Å²) in [7, 11) is 0.132. The van der Waals surface area contributed by atoms with Crippen molar-refractivity contribution in [3.63, 3.8) is 0 Å². The second-order valence-corrected chi connectivity index (χ2v) is 12.0. The van der Waals surface area contributed by atoms with Crippen molar-refractivity contribution in [1.29, 1.82) is 0 Å². The Morgan fingerprint density at radius 3 is 2.19 bits per heavy atom. The van der Waals surface area contributed by atoms with Crippen LogP contribution in [0.2, 0.25) is 19.6 Å². The Labute approximate surface area is 131 Å². The van der Waals surface area contributed by atoms with Gasteiger partial charge in [0.25, 0.3) is 0 Å². The highest BCUT2D eigenvalue weighted by Gasteiger charge is 2.61. The van der Waals surface area contributed by atoms with Gasteiger partial charge >= 0.3 is 0 Å². The lowest BCUT2D eigenvalue weighted by Crippen LogP contribution is -2.53. The lowest BCUT2D eigenvalue weighted by atomic mass is 9.80. The third-order valence-electron chi connectivity index (χ3n) is 4.18. The monoisotopic (exact) mass is 324 g/mol. The summed E-state index contributed by atoms with van der Waals surface area (Å²) in [5, 5.41) is 2.11. The number of rotatable bonds is 3. The van der Waals surface area contributed by atoms with Crippen LogP contribution in [-0.4, -0.2) is 34.2 Å². The maximum atomic E-state index is 6.61. The molecule has 1 aliphatic heterocycles. The fourth-order valence-electron chi connectivity index (χ4n) is 3.22. The molecule has 0 aromatic heterocycles. The normalized spacial score (nSPS) is 24.3. The first kappa shape index (κ1) is 15.1. The van der Waals surface area contributed by atoms with Crippen LogP contribution < -0.4 is 4.74 Å². The Balaban J connectivity index is 2.05. The highest BCUT2D eigenvalue weighted by Crippen LogP contribution is 2.59. The van der Waals surface area contributed by atoms with E-state index >= 15 is 0 Å². The summed E-state index contributed by atoms with van der Waals surface area (Å²) >= 11 is 6.61. The van der Waals surface area contributed by atoms with Crippen molar-refractivity contribution in [2.75, 3.05) is 20.3 Å². The van der Waals surface area contributed by atoms with Crippen LogP contribution >= 0.6 is 11.6 Å². The third-order valence-corrected chi connectivity index (χ3v) is 6.96. The zero-order chi connectivity index (χ0) is 15.3. The molecule has 0 saturated carbocycles. The Hall–Kier alpha value is -0.813. The molecular weight excluding hydrogens is 304 g/mol. The van der Waals surface area contributed by atoms with Crippen molar-refractivity contribution < 1.29 is 14.2 Å². The molecule has 1 heterocycles. The van der Waals surface area contributed by atoms with Crippen molar-refractivity contribution in [1.82, 2.24) is 0 Å². The zero-order valence-corrected chi connectivity index (χ0v) is 14.7. The molecule has 3 rings (SSSR count). The van der Waals surface area contributed by atoms with Crippen molar-refractivity contribution in [2.45, 2.75) is 31.3 Å². The number of hydrogen-bond acceptors (Lipinski definition) is 3. The maximum absolute atomic E-state index is 6.61. The number of ether oxygens (including phenoxy) is 3. The predicted molar refractivity (Wildman–Crippen MR) is 86.6 cm³/mol. The zero-order valence-electron chi connectivity index (χ0n) is 12.9. The summed E-state index contributed by atoms with van der Waals surface area (Å²) in [5.41, 5.74) is 1.18. The number of benzene rings is 1. The van der Waals surface area contributed by atoms with Crippen molar-refractivity contribution in [3.8, 4) is 5.75 Å². The van der Waals surface area contributed by atoms with Crippen LogP contribution in [-0.2, 0) is 9.47 Å². The van der Waals surface area contributed by atoms with Gasteiger partial charge in [0, 0.05) is 0 Å². The summed E-state index contributed by atoms with van der Waals surface area (Å²) in [6.07, 6.45) is 0. The molecule has 1 unspecified atom stereocenters. The van der Waals surface area contributed by atoms with E-state index in [1.165, 1.54) is 10.8 Å². The van der Waals surface area contributed by atoms with E-state index in [2.05, 4.69) is 31.8 Å². The molecule has 2 aliphatic rings. The summed E-state index contributed by atoms with van der Waals surface area (Å²) in [6.45, 7) is 8.12. The fourth-order valence-corrected chi connectivity index (χ4v) is 6.45. The molecule has 0 amide bonds. The van der Waals surface area contributed by atoms with Crippen LogP contribution in [0.4, 0.5) is 0 Å². The highest BCUT2D eigenvalue weighted by molar-refractivity contribution is 6.84. The second kappa shape index (κ2) is 5.13. The lowest BCUT2D eigenvalue weighted by Gasteiger charge is -2.50. The van der Waals surface area contributed by atoms with E-state index in [-0.39, 0.29) is 5.92 Å². The summed E-state index contributed by atoms with van der Waals surface area (Å²) in [4.78, 5) is 0. The van der Waals surface area contributed by atoms with E-state index in [9.17, 15) is 0 Å². The van der Waals surface area contributed by atoms with Gasteiger partial charge in [-0.1, -0.05) is 43.4 Å². The average molecular weight is 325 g/mol. The van der Waals surface area contributed by atoms with E-state index < -0.39 is 13.9 Å². The molecule has 1 atom stereocenters. The van der Waals surface area contributed by atoms with Crippen molar-refractivity contribution >= 4 is 19.7 Å². The van der Waals surface area contributed by atoms with Crippen LogP contribution in [0.25, 0.3) is 0 Å². The molecular formula is C16H21ClO3Si. The minimum absolute atomic E-state index is 0.102. The van der Waals surface area contributed by atoms with Gasteiger partial charge in [0.1, 0.15) is 5.75 Å². The Morgan fingerprint density at radius 1 is 1.14 bits per heavy atom. The van der Waals surface area contributed by atoms with E-state index in [0.717, 1.165) is 10.8 Å². The van der Waals surface area contributed by atoms with E-state index in [4.69, 9.17) is 25.8 Å². The standard InChI is InChI=1S/C16H21ClO3Si/c1-18-12-7-5-11(6-8-12)13-14(21(2,3)4)15(17)16(13)19-9-10-20-16/h5-8,13H,9-10H2,1-4H3. The molecule has 0 radical (unpaired) electrons. The molecule has 1 aromatic carbocycles. The number of halogens is 1. The van der Waals surface area contributed by atoms with Gasteiger partial charge in [-0.15, -0.1) is 0 Å². The average Bonchev–Trinajstić information content (AvgIpc) is 2.95. The van der Waals surface area contributed by atoms with Crippen LogP contribution in [0, 0.1) is 0 Å². The molecule has 1 spiro atoms. The summed E-state index contributed by atoms with van der Waals surface area (Å²) in [5.74, 6) is 0.209. The maximum Gasteiger partial charge on any atom is 0.216 e. The van der Waals surface area contributed by atoms with Crippen LogP contribution in [0.1, 0.15) is 11.5 Å². The fraction of sp³-hybridized carbons (Fsp3) is 0.500. The van der Waals surface area contributed by atoms with Gasteiger partial charge in [-0.2, -0.15) is 0 Å². The van der Waals surface area contributed by atoms with Gasteiger partial charge < -0.3 is 14.2 Å². The summed E-state index contributed by atoms with van der Waals surface area (Å²) < 4.78 is 17.1. The first-order chi connectivity index (χ1) is 9.90. The minimum atomic E-state index is -1.54. The Bertz CT molecular complexity index is 568. The van der Waals surface area contributed by atoms with Gasteiger partial charge in [0.05, 0.1) is 39.3 Å². The topological polar surface area (TPSA) is 27.7 Å². The molecule has 1 fully saturated rings. The minimum Gasteiger partial charge on any atom is -0.497 e. The molecule has 0 N–H and O–H groups in total. The van der Waals surface area contributed by atoms with Crippen molar-refractivity contribution in [2.24, 2.45) is 0 Å². The molecule has 114 valence electrons. The Morgan fingerprint density at radius 2 is 1.71 bits per heavy atom. The van der Waals surface area contributed by atoms with Gasteiger partial charge in [0.15, 0.2) is 0 Å². The van der Waals surface area contributed by atoms with Gasteiger partial charge in [-0.3, -0.25) is 0 Å². The SMILES string of the molecule is COc1ccc(C2C([Si](C)(C)C)=C(Cl)C23OCCO3)cc1. The largest absolute Gasteiger partial charge is 0.497 e. The first-order valence-electron chi connectivity index (χ1n) is 7.22. The van der Waals surface area contributed by atoms with Gasteiger partial charge in [-0.05, 0) is 22.9 Å². The lowest BCUT2D eigenvalue weighted by molar-refractivity contribution is -0.146. The molecule has 3 nitrogen and oxygen atoms in total. The van der Waals surface area contributed by atoms with E-state index in [1.807, 2.05) is 12.1 Å². The van der Waals surface area contributed by atoms with Crippen LogP contribution in [0.5, 0.6) is 5.75 Å². The number of methoxy groups -OCH3 is 1. The van der Waals surface area contributed by atoms with E-state index in [0.29, 0.717) is 13.2 Å². The summed E-state index contributed by atoms with van der Waals surface area (Å²) in [6, 6.07) is 8.12. The first-order valence-corrected chi connectivity index (χ1v) is 11.1. The molecule has 21 heavy (non-hydrogen) atoms.